The van der Waals surface area contributed by atoms with Crippen molar-refractivity contribution in [3.63, 3.8) is 0 Å². The van der Waals surface area contributed by atoms with Crippen LogP contribution in [0.3, 0.4) is 0 Å². The lowest BCUT2D eigenvalue weighted by molar-refractivity contribution is -0.139. The number of aromatic nitrogens is 12. The highest BCUT2D eigenvalue weighted by molar-refractivity contribution is 5.93. The molecule has 43 nitrogen and oxygen atoms in total. The van der Waals surface area contributed by atoms with Gasteiger partial charge in [-0.25, -0.2) is 0 Å². The predicted molar refractivity (Wildman–Crippen MR) is 382 cm³/mol. The quantitative estimate of drug-likeness (QED) is 0.0171. The van der Waals surface area contributed by atoms with Crippen LogP contribution in [-0.2, 0) is 91.6 Å². The van der Waals surface area contributed by atoms with Gasteiger partial charge < -0.3 is 84.9 Å². The molecule has 590 valence electrons. The van der Waals surface area contributed by atoms with Gasteiger partial charge >= 0.3 is 17.9 Å². The number of carboxylic acids is 3. The lowest BCUT2D eigenvalue weighted by atomic mass is 10.1. The number of amides is 12. The number of hydrogen-bond donors (Lipinski definition) is 16. The molecular weight excluding hydrogens is 1440 g/mol. The van der Waals surface area contributed by atoms with E-state index in [1.807, 2.05) is 0 Å². The lowest BCUT2D eigenvalue weighted by Gasteiger charge is -2.21. The molecule has 5 unspecified atom stereocenters. The number of rotatable bonds is 51. The van der Waals surface area contributed by atoms with Crippen molar-refractivity contribution in [3.05, 3.63) is 91.8 Å². The van der Waals surface area contributed by atoms with Gasteiger partial charge in [0.15, 0.2) is 0 Å². The van der Waals surface area contributed by atoms with E-state index < -0.39 is 178 Å². The van der Waals surface area contributed by atoms with Crippen molar-refractivity contribution in [1.82, 2.24) is 124 Å². The highest BCUT2D eigenvalue weighted by Gasteiger charge is 2.29. The van der Waals surface area contributed by atoms with Crippen molar-refractivity contribution in [1.29, 1.82) is 0 Å². The van der Waals surface area contributed by atoms with Gasteiger partial charge in [-0.15, -0.1) is 15.3 Å². The molecule has 6 aromatic heterocycles. The molecule has 0 aliphatic rings. The Balaban J connectivity index is 1.00. The molecular formula is C67H89N25O18. The summed E-state index contributed by atoms with van der Waals surface area (Å²) in [5, 5.41) is 82.8. The van der Waals surface area contributed by atoms with Gasteiger partial charge in [0.05, 0.1) is 42.1 Å². The van der Waals surface area contributed by atoms with Crippen LogP contribution in [0.4, 0.5) is 0 Å². The van der Waals surface area contributed by atoms with Gasteiger partial charge in [0.1, 0.15) is 47.3 Å². The Bertz CT molecular complexity index is 4070. The minimum absolute atomic E-state index is 0.00594. The largest absolute Gasteiger partial charge is 0.481 e. The van der Waals surface area contributed by atoms with Crippen molar-refractivity contribution in [2.45, 2.75) is 146 Å². The number of carboxylic acid groups (broad SMARTS) is 3. The zero-order valence-corrected chi connectivity index (χ0v) is 59.8. The molecule has 0 aliphatic heterocycles. The van der Waals surface area contributed by atoms with E-state index >= 15 is 0 Å². The second kappa shape index (κ2) is 46.7. The number of carbonyl (C=O) groups is 15. The summed E-state index contributed by atoms with van der Waals surface area (Å²) in [4.78, 5) is 206. The molecule has 6 heterocycles. The smallest absolute Gasteiger partial charge is 0.305 e. The number of nitrogens with zero attached hydrogens (tertiary/aromatic N) is 12. The maximum Gasteiger partial charge on any atom is 0.305 e. The van der Waals surface area contributed by atoms with Crippen LogP contribution >= 0.6 is 0 Å². The molecule has 12 amide bonds. The number of hydrogen-bond acceptors (Lipinski definition) is 25. The van der Waals surface area contributed by atoms with Gasteiger partial charge in [-0.2, -0.15) is 0 Å². The van der Waals surface area contributed by atoms with Crippen molar-refractivity contribution < 1.29 is 87.2 Å². The van der Waals surface area contributed by atoms with Crippen LogP contribution in [0, 0.1) is 0 Å². The molecule has 0 bridgehead atoms. The fraction of sp³-hybridized carbons (Fsp3) is 0.463. The molecule has 0 spiro atoms. The summed E-state index contributed by atoms with van der Waals surface area (Å²) in [5.41, 5.74) is 8.24. The predicted octanol–water partition coefficient (Wildman–Crippen LogP) is -4.65. The number of carbonyl (C=O) groups excluding carboxylic acids is 12. The fourth-order valence-corrected chi connectivity index (χ4v) is 10.2. The van der Waals surface area contributed by atoms with Crippen LogP contribution in [0.25, 0.3) is 34.2 Å². The Hall–Kier alpha value is -13.1. The van der Waals surface area contributed by atoms with Gasteiger partial charge in [0.2, 0.25) is 70.9 Å². The Kier molecular flexibility index (Phi) is 36.5. The summed E-state index contributed by atoms with van der Waals surface area (Å²) >= 11 is 0. The molecule has 0 aromatic carbocycles. The minimum Gasteiger partial charge on any atom is -0.481 e. The summed E-state index contributed by atoms with van der Waals surface area (Å²) in [5.74, 6) is -12.3. The Morgan fingerprint density at radius 1 is 0.309 bits per heavy atom. The van der Waals surface area contributed by atoms with E-state index in [0.29, 0.717) is 34.2 Å². The van der Waals surface area contributed by atoms with Crippen molar-refractivity contribution in [3.8, 4) is 34.2 Å². The van der Waals surface area contributed by atoms with Gasteiger partial charge in [-0.05, 0) is 68.5 Å². The molecule has 6 aromatic rings. The van der Waals surface area contributed by atoms with Crippen molar-refractivity contribution in [2.24, 2.45) is 5.73 Å². The molecule has 0 aliphatic carbocycles. The SMILES string of the molecule is NCCC(=O)NCCC(=O)NC(CCn1cc(-c2ccccn2)nn1)C(=O)NCCC(=O)NC(CCC(=O)O)C(=O)NCCC(=O)NC(CCn1cc(-c2ccccn2)nn1)C(=O)NCCC(=O)NC(CCC(=O)O)C(=O)NCCC(=O)NC(CCn1cc(-c2ccccn2)nn1)C(=O)NCCC(=O)NCCC(=O)O. The van der Waals surface area contributed by atoms with Crippen LogP contribution in [0.5, 0.6) is 0 Å². The van der Waals surface area contributed by atoms with Crippen LogP contribution in [0.15, 0.2) is 91.8 Å². The summed E-state index contributed by atoms with van der Waals surface area (Å²) in [6.45, 7) is -1.59. The lowest BCUT2D eigenvalue weighted by Crippen LogP contribution is -2.51. The van der Waals surface area contributed by atoms with Crippen LogP contribution < -0.4 is 69.5 Å². The van der Waals surface area contributed by atoms with E-state index in [1.54, 1.807) is 91.8 Å². The maximum absolute atomic E-state index is 13.9. The van der Waals surface area contributed by atoms with Crippen molar-refractivity contribution in [2.75, 3.05) is 52.4 Å². The monoisotopic (exact) mass is 1530 g/mol. The van der Waals surface area contributed by atoms with Gasteiger partial charge in [-0.3, -0.25) is 101 Å². The van der Waals surface area contributed by atoms with E-state index in [1.165, 1.54) is 14.0 Å². The zero-order chi connectivity index (χ0) is 79.6. The topological polar surface area (TPSA) is 618 Å². The Morgan fingerprint density at radius 2 is 0.564 bits per heavy atom. The third kappa shape index (κ3) is 32.7. The summed E-state index contributed by atoms with van der Waals surface area (Å²) in [7, 11) is 0. The number of pyridine rings is 3. The molecule has 0 saturated heterocycles. The van der Waals surface area contributed by atoms with E-state index in [4.69, 9.17) is 10.8 Å². The Morgan fingerprint density at radius 3 is 0.827 bits per heavy atom. The molecule has 6 rings (SSSR count). The van der Waals surface area contributed by atoms with Crippen LogP contribution in [0.2, 0.25) is 0 Å². The first-order valence-corrected chi connectivity index (χ1v) is 35.1. The van der Waals surface area contributed by atoms with Crippen molar-refractivity contribution >= 4 is 88.8 Å². The average Bonchev–Trinajstić information content (AvgIpc) is 1.69. The first-order valence-electron chi connectivity index (χ1n) is 35.1. The number of aryl methyl sites for hydroxylation is 3. The van der Waals surface area contributed by atoms with E-state index in [9.17, 15) is 82.1 Å². The van der Waals surface area contributed by atoms with Gasteiger partial charge in [-0.1, -0.05) is 33.8 Å². The first kappa shape index (κ1) is 85.8. The molecule has 0 fully saturated rings. The van der Waals surface area contributed by atoms with Gasteiger partial charge in [0.25, 0.3) is 0 Å². The molecule has 110 heavy (non-hydrogen) atoms. The molecule has 17 N–H and O–H groups in total. The minimum atomic E-state index is -1.47. The number of nitrogens with one attached hydrogen (secondary N) is 12. The average molecular weight is 1530 g/mol. The maximum atomic E-state index is 13.9. The fourth-order valence-electron chi connectivity index (χ4n) is 10.2. The number of nitrogens with two attached hydrogens (primary N) is 1. The number of aliphatic carboxylic acids is 3. The highest BCUT2D eigenvalue weighted by Crippen LogP contribution is 2.16. The Labute approximate surface area is 627 Å². The highest BCUT2D eigenvalue weighted by atomic mass is 16.4. The second-order valence-corrected chi connectivity index (χ2v) is 24.4. The van der Waals surface area contributed by atoms with E-state index in [0.717, 1.165) is 0 Å². The summed E-state index contributed by atoms with van der Waals surface area (Å²) in [6.07, 6.45) is 4.79. The third-order valence-corrected chi connectivity index (χ3v) is 15.9. The summed E-state index contributed by atoms with van der Waals surface area (Å²) in [6, 6.07) is 8.89. The molecule has 0 radical (unpaired) electrons. The molecule has 43 heteroatoms. The standard InChI is InChI=1S/C67H89N25O18/c68-25-14-53(93)72-29-16-55(95)81-48(23-37-91-40-51(85-88-91)43-8-2-5-27-70-43)66(109)77-33-17-56(96)79-46(11-13-61(102)103)64(107)76-32-20-59(99)83-49(24-38-92-41-52(86-89-92)44-9-3-6-28-71-44)67(110)78-34-18-57(97)80-45(10-12-60(100)101)63(106)75-31-19-58(98)82-47(65(108)74-30-15-54(94)73-35-21-62(104)105)22-36-90-39-50(84-87-90)42-7-1-4-26-69-42/h1-9,26-28,39-41,45-49H,10-25,29-38,68H2,(H,72,93)(H,73,94)(H,74,108)(H,75,106)(H,76,107)(H,77,109)(H,78,110)(H,79,96)(H,80,97)(H,81,95)(H,82,98)(H,83,99)(H,100,101)(H,102,103)(H,104,105). The van der Waals surface area contributed by atoms with E-state index in [2.05, 4.69) is 110 Å². The zero-order valence-electron chi connectivity index (χ0n) is 59.8. The third-order valence-electron chi connectivity index (χ3n) is 15.9. The first-order chi connectivity index (χ1) is 52.9. The molecule has 0 saturated carbocycles. The van der Waals surface area contributed by atoms with E-state index in [-0.39, 0.29) is 110 Å². The summed E-state index contributed by atoms with van der Waals surface area (Å²) < 4.78 is 4.25. The van der Waals surface area contributed by atoms with Gasteiger partial charge in [0, 0.05) is 148 Å². The van der Waals surface area contributed by atoms with Crippen LogP contribution in [-0.4, -0.2) is 247 Å². The second-order valence-electron chi connectivity index (χ2n) is 24.4. The van der Waals surface area contributed by atoms with Crippen LogP contribution in [0.1, 0.15) is 96.3 Å². The normalized spacial score (nSPS) is 12.2. The molecule has 5 atom stereocenters.